The van der Waals surface area contributed by atoms with Gasteiger partial charge in [0.15, 0.2) is 0 Å². The third kappa shape index (κ3) is 2.93. The van der Waals surface area contributed by atoms with Gasteiger partial charge >= 0.3 is 0 Å². The van der Waals surface area contributed by atoms with Gasteiger partial charge in [0.25, 0.3) is 0 Å². The van der Waals surface area contributed by atoms with E-state index in [0.717, 1.165) is 0 Å². The molecule has 1 aliphatic heterocycles. The Kier molecular flexibility index (Phi) is 4.39. The fourth-order valence-corrected chi connectivity index (χ4v) is 5.17. The molecule has 3 aromatic carbocycles. The largest absolute Gasteiger partial charge is 0.334 e. The third-order valence-corrected chi connectivity index (χ3v) is 6.17. The highest BCUT2D eigenvalue weighted by Crippen LogP contribution is 2.50. The van der Waals surface area contributed by atoms with Gasteiger partial charge in [-0.3, -0.25) is 0 Å². The van der Waals surface area contributed by atoms with Crippen LogP contribution in [-0.2, 0) is 0 Å². The second-order valence-corrected chi connectivity index (χ2v) is 8.20. The Hall–Kier alpha value is -3.06. The van der Waals surface area contributed by atoms with Gasteiger partial charge in [-0.2, -0.15) is 0 Å². The Morgan fingerprint density at radius 2 is 1.38 bits per heavy atom. The lowest BCUT2D eigenvalue weighted by molar-refractivity contribution is 0.575. The van der Waals surface area contributed by atoms with Crippen LogP contribution in [0.25, 0.3) is 0 Å². The predicted octanol–water partition coefficient (Wildman–Crippen LogP) is 6.85. The maximum atomic E-state index is 2.50. The number of benzene rings is 3. The lowest BCUT2D eigenvalue weighted by atomic mass is 9.69. The first-order valence-corrected chi connectivity index (χ1v) is 10.4. The van der Waals surface area contributed by atoms with Gasteiger partial charge in [0, 0.05) is 23.2 Å². The molecule has 0 fully saturated rings. The molecule has 1 aliphatic carbocycles. The number of hydrogen-bond acceptors (Lipinski definition) is 1. The van der Waals surface area contributed by atoms with Crippen molar-refractivity contribution < 1.29 is 0 Å². The van der Waals surface area contributed by atoms with E-state index in [-0.39, 0.29) is 6.04 Å². The molecule has 2 aliphatic rings. The maximum Gasteiger partial charge on any atom is 0.0600 e. The summed E-state index contributed by atoms with van der Waals surface area (Å²) in [6, 6.07) is 24.6. The topological polar surface area (TPSA) is 3.24 Å². The first-order chi connectivity index (χ1) is 14.1. The molecule has 5 rings (SSSR count). The molecule has 1 heterocycles. The molecule has 3 aromatic rings. The van der Waals surface area contributed by atoms with E-state index >= 15 is 0 Å². The van der Waals surface area contributed by atoms with Gasteiger partial charge in [-0.1, -0.05) is 78.4 Å². The fourth-order valence-electron chi connectivity index (χ4n) is 5.17. The van der Waals surface area contributed by atoms with Crippen LogP contribution in [0.5, 0.6) is 0 Å². The molecule has 0 amide bonds. The zero-order chi connectivity index (χ0) is 20.0. The standard InChI is InChI=1S/C28H26N/c1-19-17-20(2)27(21(3)18-19)28-23-13-7-9-15-25(23)29(22-11-5-4-6-12-22)26-16-10-8-14-24(26)28/h4-18,23,25H,1-3H3/t23?,25-/m1/s1. The lowest BCUT2D eigenvalue weighted by Gasteiger charge is -2.47. The van der Waals surface area contributed by atoms with Gasteiger partial charge in [0.1, 0.15) is 0 Å². The van der Waals surface area contributed by atoms with E-state index in [1.54, 1.807) is 0 Å². The van der Waals surface area contributed by atoms with Gasteiger partial charge in [-0.15, -0.1) is 0 Å². The van der Waals surface area contributed by atoms with E-state index in [1.165, 1.54) is 45.1 Å². The number of anilines is 2. The van der Waals surface area contributed by atoms with Crippen molar-refractivity contribution in [3.63, 3.8) is 0 Å². The van der Waals surface area contributed by atoms with Crippen LogP contribution in [0.3, 0.4) is 0 Å². The Labute approximate surface area is 174 Å². The molecule has 143 valence electrons. The molecule has 1 unspecified atom stereocenters. The Bertz CT molecular complexity index is 1080. The second kappa shape index (κ2) is 7.08. The van der Waals surface area contributed by atoms with Crippen LogP contribution in [0.2, 0.25) is 0 Å². The highest BCUT2D eigenvalue weighted by molar-refractivity contribution is 5.77. The number of nitrogens with zero attached hydrogens (tertiary/aromatic N) is 1. The van der Waals surface area contributed by atoms with Crippen molar-refractivity contribution in [2.45, 2.75) is 26.8 Å². The van der Waals surface area contributed by atoms with Crippen LogP contribution in [0.4, 0.5) is 11.4 Å². The molecule has 0 saturated heterocycles. The van der Waals surface area contributed by atoms with Crippen LogP contribution >= 0.6 is 0 Å². The minimum absolute atomic E-state index is 0.271. The Morgan fingerprint density at radius 3 is 2.14 bits per heavy atom. The quantitative estimate of drug-likeness (QED) is 0.473. The van der Waals surface area contributed by atoms with Gasteiger partial charge < -0.3 is 4.90 Å². The first-order valence-electron chi connectivity index (χ1n) is 10.4. The van der Waals surface area contributed by atoms with Gasteiger partial charge in [0.2, 0.25) is 0 Å². The summed E-state index contributed by atoms with van der Waals surface area (Å²) in [4.78, 5) is 2.50. The van der Waals surface area contributed by atoms with Crippen molar-refractivity contribution in [1.29, 1.82) is 0 Å². The van der Waals surface area contributed by atoms with Crippen molar-refractivity contribution >= 4 is 11.4 Å². The Morgan fingerprint density at radius 1 is 0.724 bits per heavy atom. The molecule has 1 heteroatoms. The van der Waals surface area contributed by atoms with Crippen molar-refractivity contribution in [3.05, 3.63) is 125 Å². The van der Waals surface area contributed by atoms with Gasteiger partial charge in [-0.25, -0.2) is 0 Å². The van der Waals surface area contributed by atoms with Crippen molar-refractivity contribution in [2.24, 2.45) is 5.92 Å². The highest BCUT2D eigenvalue weighted by atomic mass is 15.2. The zero-order valence-corrected chi connectivity index (χ0v) is 17.3. The van der Waals surface area contributed by atoms with Gasteiger partial charge in [-0.05, 0) is 61.2 Å². The van der Waals surface area contributed by atoms with Crippen molar-refractivity contribution in [1.82, 2.24) is 0 Å². The summed E-state index contributed by atoms with van der Waals surface area (Å²) in [5.74, 6) is 1.77. The number of allylic oxidation sites excluding steroid dienone is 2. The van der Waals surface area contributed by atoms with Gasteiger partial charge in [0.05, 0.1) is 6.04 Å². The molecule has 1 nitrogen and oxygen atoms in total. The summed E-state index contributed by atoms with van der Waals surface area (Å²) < 4.78 is 0. The molecule has 0 spiro atoms. The van der Waals surface area contributed by atoms with Crippen LogP contribution in [0, 0.1) is 32.6 Å². The number of hydrogen-bond donors (Lipinski definition) is 0. The minimum Gasteiger partial charge on any atom is -0.334 e. The molecular weight excluding hydrogens is 350 g/mol. The Balaban J connectivity index is 1.77. The number of fused-ring (bicyclic) bond motifs is 2. The molecule has 29 heavy (non-hydrogen) atoms. The summed E-state index contributed by atoms with van der Waals surface area (Å²) in [6.45, 7) is 6.70. The number of para-hydroxylation sites is 2. The second-order valence-electron chi connectivity index (χ2n) is 8.20. The van der Waals surface area contributed by atoms with Crippen molar-refractivity contribution in [2.75, 3.05) is 4.90 Å². The van der Waals surface area contributed by atoms with E-state index in [2.05, 4.69) is 117 Å². The summed E-state index contributed by atoms with van der Waals surface area (Å²) in [6.07, 6.45) is 9.13. The summed E-state index contributed by atoms with van der Waals surface area (Å²) in [5.41, 5.74) is 9.33. The molecule has 2 atom stereocenters. The maximum absolute atomic E-state index is 2.50. The SMILES string of the molecule is Cc1cc(C)c([C]2c3ccccc3N(c3ccccc3)[C@@H]3C=CC=CC23)c(C)c1. The average Bonchev–Trinajstić information content (AvgIpc) is 2.73. The van der Waals surface area contributed by atoms with Crippen LogP contribution in [-0.4, -0.2) is 6.04 Å². The zero-order valence-electron chi connectivity index (χ0n) is 17.3. The predicted molar refractivity (Wildman–Crippen MR) is 123 cm³/mol. The molecule has 1 radical (unpaired) electrons. The van der Waals surface area contributed by atoms with Crippen molar-refractivity contribution in [3.8, 4) is 0 Å². The third-order valence-electron chi connectivity index (χ3n) is 6.17. The number of aryl methyl sites for hydroxylation is 3. The smallest absolute Gasteiger partial charge is 0.0600 e. The molecule has 0 saturated carbocycles. The number of rotatable bonds is 2. The van der Waals surface area contributed by atoms with E-state index in [1.807, 2.05) is 0 Å². The van der Waals surface area contributed by atoms with E-state index in [9.17, 15) is 0 Å². The molecule has 0 N–H and O–H groups in total. The van der Waals surface area contributed by atoms with E-state index < -0.39 is 0 Å². The highest BCUT2D eigenvalue weighted by Gasteiger charge is 2.42. The van der Waals surface area contributed by atoms with E-state index in [0.29, 0.717) is 5.92 Å². The lowest BCUT2D eigenvalue weighted by Crippen LogP contribution is -2.44. The summed E-state index contributed by atoms with van der Waals surface area (Å²) in [5, 5.41) is 0. The van der Waals surface area contributed by atoms with E-state index in [4.69, 9.17) is 0 Å². The van der Waals surface area contributed by atoms with Crippen LogP contribution in [0.15, 0.2) is 91.0 Å². The molecule has 0 aromatic heterocycles. The first kappa shape index (κ1) is 18.0. The van der Waals surface area contributed by atoms with Crippen LogP contribution in [0.1, 0.15) is 27.8 Å². The normalized spacial score (nSPS) is 20.4. The fraction of sp³-hybridized carbons (Fsp3) is 0.179. The monoisotopic (exact) mass is 376 g/mol. The minimum atomic E-state index is 0.271. The molecule has 0 bridgehead atoms. The summed E-state index contributed by atoms with van der Waals surface area (Å²) >= 11 is 0. The average molecular weight is 377 g/mol. The van der Waals surface area contributed by atoms with Crippen LogP contribution < -0.4 is 4.90 Å². The summed E-state index contributed by atoms with van der Waals surface area (Å²) in [7, 11) is 0. The molecular formula is C28H26N.